The zero-order chi connectivity index (χ0) is 17.7. The summed E-state index contributed by atoms with van der Waals surface area (Å²) in [6, 6.07) is 3.37. The number of nitrogens with one attached hydrogen (secondary N) is 1. The molecule has 0 spiro atoms. The molecule has 2 amide bonds. The van der Waals surface area contributed by atoms with Crippen LogP contribution in [-0.2, 0) is 0 Å². The summed E-state index contributed by atoms with van der Waals surface area (Å²) in [5.74, 6) is 0.569. The van der Waals surface area contributed by atoms with Gasteiger partial charge in [-0.05, 0) is 57.8 Å². The van der Waals surface area contributed by atoms with Gasteiger partial charge < -0.3 is 15.1 Å². The van der Waals surface area contributed by atoms with Crippen LogP contribution in [0.25, 0.3) is 0 Å². The average Bonchev–Trinajstić information content (AvgIpc) is 2.59. The molecule has 0 aromatic carbocycles. The Morgan fingerprint density at radius 3 is 2.44 bits per heavy atom. The number of rotatable bonds is 5. The van der Waals surface area contributed by atoms with Gasteiger partial charge in [-0.25, -0.2) is 4.98 Å². The summed E-state index contributed by atoms with van der Waals surface area (Å²) in [5, 5.41) is 3.18. The highest BCUT2D eigenvalue weighted by atomic mass is 35.5. The predicted molar refractivity (Wildman–Crippen MR) is 101 cm³/mol. The number of piperidine rings is 1. The van der Waals surface area contributed by atoms with Gasteiger partial charge in [0.25, 0.3) is 11.8 Å². The van der Waals surface area contributed by atoms with Gasteiger partial charge in [0.05, 0.1) is 11.3 Å². The van der Waals surface area contributed by atoms with Gasteiger partial charge in [0.1, 0.15) is 5.69 Å². The van der Waals surface area contributed by atoms with Crippen LogP contribution in [0.1, 0.15) is 45.8 Å². The zero-order valence-corrected chi connectivity index (χ0v) is 16.4. The fourth-order valence-electron chi connectivity index (χ4n) is 3.08. The van der Waals surface area contributed by atoms with E-state index in [1.165, 1.54) is 11.3 Å². The largest absolute Gasteiger partial charge is 0.343 e. The Hall–Kier alpha value is -1.66. The van der Waals surface area contributed by atoms with Gasteiger partial charge in [-0.1, -0.05) is 0 Å². The summed E-state index contributed by atoms with van der Waals surface area (Å²) in [4.78, 5) is 32.4. The highest BCUT2D eigenvalue weighted by molar-refractivity contribution is 5.97. The molecule has 2 heterocycles. The number of nitrogens with zero attached hydrogens (tertiary/aromatic N) is 3. The third-order valence-corrected chi connectivity index (χ3v) is 4.65. The molecule has 1 saturated heterocycles. The van der Waals surface area contributed by atoms with Crippen LogP contribution in [0.2, 0.25) is 0 Å². The Morgan fingerprint density at radius 1 is 1.28 bits per heavy atom. The Balaban J connectivity index is 0.00000312. The molecule has 0 bridgehead atoms. The first-order valence-electron chi connectivity index (χ1n) is 8.57. The fraction of sp³-hybridized carbons (Fsp3) is 0.611. The number of pyridine rings is 1. The van der Waals surface area contributed by atoms with E-state index < -0.39 is 0 Å². The molecule has 0 aliphatic carbocycles. The molecular weight excluding hydrogens is 340 g/mol. The van der Waals surface area contributed by atoms with Gasteiger partial charge >= 0.3 is 0 Å². The lowest BCUT2D eigenvalue weighted by atomic mass is 9.93. The van der Waals surface area contributed by atoms with E-state index in [4.69, 9.17) is 0 Å². The summed E-state index contributed by atoms with van der Waals surface area (Å²) >= 11 is 0. The van der Waals surface area contributed by atoms with Crippen molar-refractivity contribution < 1.29 is 9.59 Å². The van der Waals surface area contributed by atoms with Crippen LogP contribution < -0.4 is 5.32 Å². The second-order valence-electron chi connectivity index (χ2n) is 6.66. The van der Waals surface area contributed by atoms with Gasteiger partial charge in [-0.3, -0.25) is 9.59 Å². The summed E-state index contributed by atoms with van der Waals surface area (Å²) in [7, 11) is 5.35. The SMILES string of the molecule is CNCCC1CCN(C(=O)c2ccc(C(=O)N(C)C)nc2C)CC1.Cl. The van der Waals surface area contributed by atoms with Gasteiger partial charge in [-0.2, -0.15) is 0 Å². The molecule has 1 aromatic rings. The lowest BCUT2D eigenvalue weighted by Gasteiger charge is -2.32. The molecule has 1 fully saturated rings. The highest BCUT2D eigenvalue weighted by Gasteiger charge is 2.25. The van der Waals surface area contributed by atoms with Crippen molar-refractivity contribution in [2.24, 2.45) is 5.92 Å². The number of aryl methyl sites for hydroxylation is 1. The Bertz CT molecular complexity index is 599. The molecule has 0 radical (unpaired) electrons. The maximum atomic E-state index is 12.7. The number of halogens is 1. The second-order valence-corrected chi connectivity index (χ2v) is 6.66. The average molecular weight is 369 g/mol. The minimum Gasteiger partial charge on any atom is -0.343 e. The van der Waals surface area contributed by atoms with Gasteiger partial charge in [-0.15, -0.1) is 12.4 Å². The summed E-state index contributed by atoms with van der Waals surface area (Å²) in [6.45, 7) is 4.42. The molecule has 1 aliphatic rings. The molecule has 140 valence electrons. The first kappa shape index (κ1) is 21.4. The normalized spacial score (nSPS) is 14.8. The second kappa shape index (κ2) is 9.73. The predicted octanol–water partition coefficient (Wildman–Crippen LogP) is 1.98. The van der Waals surface area contributed by atoms with E-state index >= 15 is 0 Å². The number of carbonyl (C=O) groups is 2. The van der Waals surface area contributed by atoms with Crippen LogP contribution in [0.5, 0.6) is 0 Å². The van der Waals surface area contributed by atoms with E-state index in [2.05, 4.69) is 10.3 Å². The first-order valence-corrected chi connectivity index (χ1v) is 8.57. The Kier molecular flexibility index (Phi) is 8.32. The maximum absolute atomic E-state index is 12.7. The van der Waals surface area contributed by atoms with E-state index in [1.807, 2.05) is 11.9 Å². The number of carbonyl (C=O) groups excluding carboxylic acids is 2. The van der Waals surface area contributed by atoms with Crippen molar-refractivity contribution in [2.45, 2.75) is 26.2 Å². The monoisotopic (exact) mass is 368 g/mol. The third-order valence-electron chi connectivity index (χ3n) is 4.65. The van der Waals surface area contributed by atoms with Gasteiger partial charge in [0.2, 0.25) is 0 Å². The minimum atomic E-state index is -0.151. The number of likely N-dealkylation sites (tertiary alicyclic amines) is 1. The van der Waals surface area contributed by atoms with Crippen LogP contribution in [0, 0.1) is 12.8 Å². The molecular formula is C18H29ClN4O2. The van der Waals surface area contributed by atoms with Crippen molar-refractivity contribution in [3.63, 3.8) is 0 Å². The van der Waals surface area contributed by atoms with E-state index in [0.717, 1.165) is 32.5 Å². The van der Waals surface area contributed by atoms with Crippen molar-refractivity contribution in [1.29, 1.82) is 0 Å². The number of amides is 2. The van der Waals surface area contributed by atoms with Crippen LogP contribution in [0.15, 0.2) is 12.1 Å². The standard InChI is InChI=1S/C18H28N4O2.ClH/c1-13-15(5-6-16(20-13)18(24)21(3)4)17(23)22-11-8-14(9-12-22)7-10-19-2;/h5-6,14,19H,7-12H2,1-4H3;1H. The molecule has 0 atom stereocenters. The molecule has 1 N–H and O–H groups in total. The quantitative estimate of drug-likeness (QED) is 0.863. The fourth-order valence-corrected chi connectivity index (χ4v) is 3.08. The van der Waals surface area contributed by atoms with E-state index in [1.54, 1.807) is 33.2 Å². The van der Waals surface area contributed by atoms with E-state index in [-0.39, 0.29) is 24.2 Å². The van der Waals surface area contributed by atoms with Crippen LogP contribution in [-0.4, -0.2) is 67.4 Å². The Morgan fingerprint density at radius 2 is 1.92 bits per heavy atom. The third kappa shape index (κ3) is 5.41. The van der Waals surface area contributed by atoms with Crippen LogP contribution >= 0.6 is 12.4 Å². The topological polar surface area (TPSA) is 65.5 Å². The highest BCUT2D eigenvalue weighted by Crippen LogP contribution is 2.22. The van der Waals surface area contributed by atoms with E-state index in [0.29, 0.717) is 22.9 Å². The van der Waals surface area contributed by atoms with Crippen molar-refractivity contribution in [1.82, 2.24) is 20.1 Å². The summed E-state index contributed by atoms with van der Waals surface area (Å²) in [6.07, 6.45) is 3.27. The minimum absolute atomic E-state index is 0. The summed E-state index contributed by atoms with van der Waals surface area (Å²) in [5.41, 5.74) is 1.59. The van der Waals surface area contributed by atoms with E-state index in [9.17, 15) is 9.59 Å². The van der Waals surface area contributed by atoms with Crippen LogP contribution in [0.4, 0.5) is 0 Å². The lowest BCUT2D eigenvalue weighted by molar-refractivity contribution is 0.0684. The zero-order valence-electron chi connectivity index (χ0n) is 15.5. The molecule has 2 rings (SSSR count). The van der Waals surface area contributed by atoms with Gasteiger partial charge in [0.15, 0.2) is 0 Å². The number of hydrogen-bond acceptors (Lipinski definition) is 4. The maximum Gasteiger partial charge on any atom is 0.271 e. The number of aromatic nitrogens is 1. The van der Waals surface area contributed by atoms with Crippen molar-refractivity contribution >= 4 is 24.2 Å². The molecule has 6 nitrogen and oxygen atoms in total. The smallest absolute Gasteiger partial charge is 0.271 e. The van der Waals surface area contributed by atoms with Gasteiger partial charge in [0, 0.05) is 27.2 Å². The Labute approximate surface area is 156 Å². The molecule has 0 unspecified atom stereocenters. The van der Waals surface area contributed by atoms with Crippen molar-refractivity contribution in [2.75, 3.05) is 40.8 Å². The van der Waals surface area contributed by atoms with Crippen molar-refractivity contribution in [3.05, 3.63) is 29.1 Å². The molecule has 1 aromatic heterocycles. The molecule has 1 aliphatic heterocycles. The van der Waals surface area contributed by atoms with Crippen molar-refractivity contribution in [3.8, 4) is 0 Å². The first-order chi connectivity index (χ1) is 11.4. The molecule has 0 saturated carbocycles. The molecule has 25 heavy (non-hydrogen) atoms. The number of hydrogen-bond donors (Lipinski definition) is 1. The lowest BCUT2D eigenvalue weighted by Crippen LogP contribution is -2.39. The summed E-state index contributed by atoms with van der Waals surface area (Å²) < 4.78 is 0. The molecule has 7 heteroatoms. The van der Waals surface area contributed by atoms with Crippen LogP contribution in [0.3, 0.4) is 0 Å².